The van der Waals surface area contributed by atoms with Gasteiger partial charge in [0.2, 0.25) is 11.8 Å². The standard InChI is InChI=1S/C27H38N4O6/c1-29-9-11-31(12-10-29)25(32)16-20-4-5-22-24(37-20)17-36-23-6-3-19(15-21(23)27(34)30(22)2)28-26(33)18-7-13-35-14-8-18/h3,6,15,18,20,22,24H,4-5,7-14,16-17H2,1-2H3,(H,28,33)/t20-,22-,24+/m1/s1. The fraction of sp³-hybridized carbons (Fsp3) is 0.667. The first-order chi connectivity index (χ1) is 17.9. The zero-order valence-corrected chi connectivity index (χ0v) is 21.8. The third kappa shape index (κ3) is 5.91. The minimum Gasteiger partial charge on any atom is -0.490 e. The third-order valence-electron chi connectivity index (χ3n) is 8.13. The van der Waals surface area contributed by atoms with Crippen LogP contribution in [0.4, 0.5) is 5.69 Å². The van der Waals surface area contributed by atoms with Gasteiger partial charge in [-0.05, 0) is 50.9 Å². The van der Waals surface area contributed by atoms with Crippen molar-refractivity contribution in [1.29, 1.82) is 0 Å². The van der Waals surface area contributed by atoms with Gasteiger partial charge in [0, 0.05) is 58.0 Å². The van der Waals surface area contributed by atoms with E-state index in [9.17, 15) is 14.4 Å². The maximum atomic E-state index is 13.5. The number of nitrogens with one attached hydrogen (secondary N) is 1. The predicted octanol–water partition coefficient (Wildman–Crippen LogP) is 1.60. The maximum absolute atomic E-state index is 13.5. The van der Waals surface area contributed by atoms with Gasteiger partial charge in [-0.2, -0.15) is 0 Å². The Kier molecular flexibility index (Phi) is 7.97. The zero-order valence-electron chi connectivity index (χ0n) is 21.8. The van der Waals surface area contributed by atoms with Crippen molar-refractivity contribution >= 4 is 23.4 Å². The monoisotopic (exact) mass is 514 g/mol. The number of hydrogen-bond donors (Lipinski definition) is 1. The second-order valence-electron chi connectivity index (χ2n) is 10.6. The van der Waals surface area contributed by atoms with Crippen molar-refractivity contribution in [3.8, 4) is 5.75 Å². The van der Waals surface area contributed by atoms with E-state index in [0.717, 1.165) is 32.6 Å². The number of rotatable bonds is 4. The number of anilines is 1. The Morgan fingerprint density at radius 3 is 2.54 bits per heavy atom. The Morgan fingerprint density at radius 1 is 1.03 bits per heavy atom. The molecule has 1 aromatic rings. The van der Waals surface area contributed by atoms with Gasteiger partial charge in [0.15, 0.2) is 0 Å². The molecule has 3 atom stereocenters. The summed E-state index contributed by atoms with van der Waals surface area (Å²) in [4.78, 5) is 44.9. The molecule has 3 fully saturated rings. The van der Waals surface area contributed by atoms with Crippen molar-refractivity contribution < 1.29 is 28.6 Å². The molecule has 0 unspecified atom stereocenters. The van der Waals surface area contributed by atoms with Gasteiger partial charge in [-0.25, -0.2) is 0 Å². The number of piperazine rings is 1. The molecule has 0 aliphatic carbocycles. The van der Waals surface area contributed by atoms with E-state index in [2.05, 4.69) is 17.3 Å². The number of likely N-dealkylation sites (N-methyl/N-ethyl adjacent to an activating group) is 2. The first kappa shape index (κ1) is 25.9. The summed E-state index contributed by atoms with van der Waals surface area (Å²) < 4.78 is 17.8. The lowest BCUT2D eigenvalue weighted by Gasteiger charge is -2.42. The van der Waals surface area contributed by atoms with Crippen LogP contribution < -0.4 is 10.1 Å². The highest BCUT2D eigenvalue weighted by atomic mass is 16.5. The molecule has 0 spiro atoms. The summed E-state index contributed by atoms with van der Waals surface area (Å²) in [5, 5.41) is 2.96. The van der Waals surface area contributed by atoms with Crippen LogP contribution in [0.1, 0.15) is 42.5 Å². The molecule has 0 aromatic heterocycles. The lowest BCUT2D eigenvalue weighted by molar-refractivity contribution is -0.144. The fourth-order valence-corrected chi connectivity index (χ4v) is 5.69. The van der Waals surface area contributed by atoms with Crippen molar-refractivity contribution in [2.24, 2.45) is 5.92 Å². The second-order valence-corrected chi connectivity index (χ2v) is 10.6. The summed E-state index contributed by atoms with van der Waals surface area (Å²) in [6.45, 7) is 4.77. The molecule has 4 aliphatic rings. The molecule has 37 heavy (non-hydrogen) atoms. The van der Waals surface area contributed by atoms with Crippen molar-refractivity contribution in [2.45, 2.75) is 50.4 Å². The number of nitrogens with zero attached hydrogens (tertiary/aromatic N) is 3. The Morgan fingerprint density at radius 2 is 1.78 bits per heavy atom. The topological polar surface area (TPSA) is 101 Å². The van der Waals surface area contributed by atoms with Gasteiger partial charge in [-0.15, -0.1) is 0 Å². The van der Waals surface area contributed by atoms with E-state index in [0.29, 0.717) is 62.5 Å². The molecule has 4 heterocycles. The Bertz CT molecular complexity index is 1000. The molecule has 0 saturated carbocycles. The van der Waals surface area contributed by atoms with Crippen LogP contribution >= 0.6 is 0 Å². The molecule has 10 heteroatoms. The highest BCUT2D eigenvalue weighted by molar-refractivity contribution is 6.00. The SMILES string of the molecule is CN1CCN(C(=O)C[C@H]2CC[C@@H]3[C@H](COc4ccc(NC(=O)C5CCOCC5)cc4C(=O)N3C)O2)CC1. The molecule has 10 nitrogen and oxygen atoms in total. The molecule has 1 N–H and O–H groups in total. The highest BCUT2D eigenvalue weighted by Gasteiger charge is 2.39. The van der Waals surface area contributed by atoms with Crippen molar-refractivity contribution in [3.63, 3.8) is 0 Å². The molecule has 3 amide bonds. The van der Waals surface area contributed by atoms with E-state index in [4.69, 9.17) is 14.2 Å². The summed E-state index contributed by atoms with van der Waals surface area (Å²) in [7, 11) is 3.86. The lowest BCUT2D eigenvalue weighted by Crippen LogP contribution is -2.54. The lowest BCUT2D eigenvalue weighted by atomic mass is 9.94. The Labute approximate surface area is 218 Å². The number of fused-ring (bicyclic) bond motifs is 2. The van der Waals surface area contributed by atoms with Crippen LogP contribution in [0.3, 0.4) is 0 Å². The minimum atomic E-state index is -0.311. The maximum Gasteiger partial charge on any atom is 0.257 e. The van der Waals surface area contributed by atoms with Crippen LogP contribution in [0.15, 0.2) is 18.2 Å². The quantitative estimate of drug-likeness (QED) is 0.651. The summed E-state index contributed by atoms with van der Waals surface area (Å²) in [5.74, 6) is 0.310. The normalized spacial score (nSPS) is 27.4. The van der Waals surface area contributed by atoms with Gasteiger partial charge >= 0.3 is 0 Å². The minimum absolute atomic E-state index is 0.0475. The average Bonchev–Trinajstić information content (AvgIpc) is 2.92. The molecule has 0 radical (unpaired) electrons. The van der Waals surface area contributed by atoms with Gasteiger partial charge in [0.05, 0.1) is 24.1 Å². The number of hydrogen-bond acceptors (Lipinski definition) is 7. The van der Waals surface area contributed by atoms with E-state index in [-0.39, 0.29) is 41.9 Å². The van der Waals surface area contributed by atoms with E-state index >= 15 is 0 Å². The van der Waals surface area contributed by atoms with Gasteiger partial charge in [0.25, 0.3) is 5.91 Å². The van der Waals surface area contributed by atoms with E-state index in [1.54, 1.807) is 30.1 Å². The van der Waals surface area contributed by atoms with Crippen LogP contribution in [0.25, 0.3) is 0 Å². The summed E-state index contributed by atoms with van der Waals surface area (Å²) in [6, 6.07) is 5.06. The van der Waals surface area contributed by atoms with Crippen molar-refractivity contribution in [1.82, 2.24) is 14.7 Å². The Hall–Kier alpha value is -2.69. The largest absolute Gasteiger partial charge is 0.490 e. The molecular weight excluding hydrogens is 476 g/mol. The number of benzene rings is 1. The van der Waals surface area contributed by atoms with Crippen molar-refractivity contribution in [3.05, 3.63) is 23.8 Å². The number of carbonyl (C=O) groups is 3. The molecule has 3 saturated heterocycles. The van der Waals surface area contributed by atoms with Crippen LogP contribution in [-0.4, -0.2) is 111 Å². The summed E-state index contributed by atoms with van der Waals surface area (Å²) in [6.07, 6.45) is 2.73. The van der Waals surface area contributed by atoms with Gasteiger partial charge in [-0.3, -0.25) is 14.4 Å². The van der Waals surface area contributed by atoms with Crippen LogP contribution in [0.5, 0.6) is 5.75 Å². The molecule has 0 bridgehead atoms. The average molecular weight is 515 g/mol. The number of amides is 3. The molecule has 1 aromatic carbocycles. The smallest absolute Gasteiger partial charge is 0.257 e. The molecular formula is C27H38N4O6. The number of ether oxygens (including phenoxy) is 3. The second kappa shape index (κ2) is 11.4. The molecule has 5 rings (SSSR count). The molecule has 4 aliphatic heterocycles. The first-order valence-electron chi connectivity index (χ1n) is 13.4. The van der Waals surface area contributed by atoms with Crippen LogP contribution in [0, 0.1) is 5.92 Å². The van der Waals surface area contributed by atoms with E-state index in [1.807, 2.05) is 4.90 Å². The third-order valence-corrected chi connectivity index (χ3v) is 8.13. The summed E-state index contributed by atoms with van der Waals surface area (Å²) >= 11 is 0. The van der Waals surface area contributed by atoms with E-state index < -0.39 is 0 Å². The number of carbonyl (C=O) groups excluding carboxylic acids is 3. The van der Waals surface area contributed by atoms with Crippen molar-refractivity contribution in [2.75, 3.05) is 65.4 Å². The van der Waals surface area contributed by atoms with E-state index in [1.165, 1.54) is 0 Å². The Balaban J connectivity index is 1.23. The van der Waals surface area contributed by atoms with Gasteiger partial charge in [-0.1, -0.05) is 0 Å². The van der Waals surface area contributed by atoms with Crippen LogP contribution in [0.2, 0.25) is 0 Å². The molecule has 202 valence electrons. The predicted molar refractivity (Wildman–Crippen MR) is 137 cm³/mol. The highest BCUT2D eigenvalue weighted by Crippen LogP contribution is 2.33. The van der Waals surface area contributed by atoms with Gasteiger partial charge < -0.3 is 34.2 Å². The van der Waals surface area contributed by atoms with Gasteiger partial charge in [0.1, 0.15) is 18.5 Å². The summed E-state index contributed by atoms with van der Waals surface area (Å²) in [5.41, 5.74) is 1.01. The fourth-order valence-electron chi connectivity index (χ4n) is 5.69. The van der Waals surface area contributed by atoms with Crippen LogP contribution in [-0.2, 0) is 19.1 Å². The first-order valence-corrected chi connectivity index (χ1v) is 13.4. The zero-order chi connectivity index (χ0) is 25.9.